The average Bonchev–Trinajstić information content (AvgIpc) is 2.67. The third-order valence-electron chi connectivity index (χ3n) is 2.41. The number of benzene rings is 1. The number of nitrogens with one attached hydrogen (secondary N) is 1. The van der Waals surface area contributed by atoms with Crippen molar-refractivity contribution in [1.29, 1.82) is 0 Å². The molecular formula is C11H11ClN2O2S2. The van der Waals surface area contributed by atoms with Crippen LogP contribution < -0.4 is 4.72 Å². The fourth-order valence-electron chi connectivity index (χ4n) is 1.44. The second kappa shape index (κ2) is 4.87. The van der Waals surface area contributed by atoms with Crippen molar-refractivity contribution in [2.75, 3.05) is 4.72 Å². The highest BCUT2D eigenvalue weighted by molar-refractivity contribution is 7.93. The van der Waals surface area contributed by atoms with Gasteiger partial charge in [0.05, 0.1) is 16.1 Å². The Labute approximate surface area is 115 Å². The summed E-state index contributed by atoms with van der Waals surface area (Å²) in [5.74, 6) is 0. The van der Waals surface area contributed by atoms with Crippen LogP contribution in [0.5, 0.6) is 0 Å². The van der Waals surface area contributed by atoms with Crippen molar-refractivity contribution in [3.05, 3.63) is 40.0 Å². The molecule has 0 radical (unpaired) electrons. The molecule has 1 heterocycles. The first-order valence-corrected chi connectivity index (χ1v) is 7.83. The number of rotatable bonds is 3. The second-order valence-corrected chi connectivity index (χ2v) is 6.72. The minimum absolute atomic E-state index is 0.183. The Hall–Kier alpha value is -1.11. The number of hydrogen-bond donors (Lipinski definition) is 1. The Kier molecular flexibility index (Phi) is 3.61. The number of hydrogen-bond acceptors (Lipinski definition) is 4. The predicted molar refractivity (Wildman–Crippen MR) is 73.8 cm³/mol. The van der Waals surface area contributed by atoms with Gasteiger partial charge in [0.15, 0.2) is 0 Å². The fraction of sp³-hybridized carbons (Fsp3) is 0.182. The molecule has 7 heteroatoms. The van der Waals surface area contributed by atoms with Crippen molar-refractivity contribution in [3.63, 3.8) is 0 Å². The summed E-state index contributed by atoms with van der Waals surface area (Å²) < 4.78 is 27.0. The number of aryl methyl sites for hydroxylation is 2. The van der Waals surface area contributed by atoms with Gasteiger partial charge >= 0.3 is 0 Å². The van der Waals surface area contributed by atoms with Crippen LogP contribution in [-0.2, 0) is 10.0 Å². The van der Waals surface area contributed by atoms with Crippen molar-refractivity contribution in [1.82, 2.24) is 4.98 Å². The molecule has 96 valence electrons. The number of aromatic nitrogens is 1. The first-order chi connectivity index (χ1) is 8.40. The Morgan fingerprint density at radius 3 is 2.67 bits per heavy atom. The standard InChI is InChI=1S/C11H11ClN2O2S2/c1-7-3-4-9(12)5-10(7)18(15,16)14-11-8(2)13-6-17-11/h3-6,14H,1-2H3. The van der Waals surface area contributed by atoms with Crippen LogP contribution in [0.4, 0.5) is 5.00 Å². The lowest BCUT2D eigenvalue weighted by Crippen LogP contribution is -2.14. The smallest absolute Gasteiger partial charge is 0.262 e. The van der Waals surface area contributed by atoms with Crippen LogP contribution >= 0.6 is 22.9 Å². The summed E-state index contributed by atoms with van der Waals surface area (Å²) in [6, 6.07) is 4.78. The van der Waals surface area contributed by atoms with Crippen molar-refractivity contribution in [2.45, 2.75) is 18.7 Å². The summed E-state index contributed by atoms with van der Waals surface area (Å²) >= 11 is 7.08. The van der Waals surface area contributed by atoms with Crippen LogP contribution in [0.1, 0.15) is 11.3 Å². The first kappa shape index (κ1) is 13.3. The molecular weight excluding hydrogens is 292 g/mol. The van der Waals surface area contributed by atoms with E-state index < -0.39 is 10.0 Å². The molecule has 0 atom stereocenters. The normalized spacial score (nSPS) is 11.5. The maximum atomic E-state index is 12.2. The van der Waals surface area contributed by atoms with Gasteiger partial charge in [-0.1, -0.05) is 17.7 Å². The Morgan fingerprint density at radius 2 is 2.06 bits per heavy atom. The van der Waals surface area contributed by atoms with Crippen LogP contribution in [0, 0.1) is 13.8 Å². The number of halogens is 1. The molecule has 2 aromatic rings. The molecule has 0 fully saturated rings. The van der Waals surface area contributed by atoms with Gasteiger partial charge in [-0.2, -0.15) is 0 Å². The minimum Gasteiger partial charge on any atom is -0.269 e. The van der Waals surface area contributed by atoms with E-state index in [2.05, 4.69) is 9.71 Å². The lowest BCUT2D eigenvalue weighted by molar-refractivity contribution is 0.600. The van der Waals surface area contributed by atoms with E-state index in [9.17, 15) is 8.42 Å². The number of nitrogens with zero attached hydrogens (tertiary/aromatic N) is 1. The third kappa shape index (κ3) is 2.66. The van der Waals surface area contributed by atoms with Gasteiger partial charge in [0.1, 0.15) is 5.00 Å². The summed E-state index contributed by atoms with van der Waals surface area (Å²) in [6.07, 6.45) is 0. The number of anilines is 1. The topological polar surface area (TPSA) is 59.1 Å². The van der Waals surface area contributed by atoms with Crippen molar-refractivity contribution < 1.29 is 8.42 Å². The molecule has 0 aliphatic rings. The highest BCUT2D eigenvalue weighted by atomic mass is 35.5. The lowest BCUT2D eigenvalue weighted by atomic mass is 10.2. The van der Waals surface area contributed by atoms with Gasteiger partial charge in [-0.15, -0.1) is 11.3 Å². The van der Waals surface area contributed by atoms with Crippen LogP contribution in [0.15, 0.2) is 28.6 Å². The van der Waals surface area contributed by atoms with E-state index in [4.69, 9.17) is 11.6 Å². The molecule has 0 aliphatic carbocycles. The quantitative estimate of drug-likeness (QED) is 0.947. The summed E-state index contributed by atoms with van der Waals surface area (Å²) in [4.78, 5) is 4.18. The molecule has 0 saturated carbocycles. The first-order valence-electron chi connectivity index (χ1n) is 5.09. The van der Waals surface area contributed by atoms with Gasteiger partial charge in [-0.05, 0) is 31.5 Å². The van der Waals surface area contributed by atoms with Crippen molar-refractivity contribution in [3.8, 4) is 0 Å². The van der Waals surface area contributed by atoms with Crippen molar-refractivity contribution in [2.24, 2.45) is 0 Å². The van der Waals surface area contributed by atoms with Crippen LogP contribution in [0.25, 0.3) is 0 Å². The van der Waals surface area contributed by atoms with Crippen LogP contribution in [0.2, 0.25) is 5.02 Å². The Balaban J connectivity index is 2.43. The summed E-state index contributed by atoms with van der Waals surface area (Å²) in [5.41, 5.74) is 2.90. The Morgan fingerprint density at radius 1 is 1.33 bits per heavy atom. The fourth-order valence-corrected chi connectivity index (χ4v) is 4.01. The molecule has 1 aromatic carbocycles. The number of thiazole rings is 1. The molecule has 1 N–H and O–H groups in total. The monoisotopic (exact) mass is 302 g/mol. The van der Waals surface area contributed by atoms with E-state index in [0.717, 1.165) is 0 Å². The molecule has 0 aliphatic heterocycles. The SMILES string of the molecule is Cc1ccc(Cl)cc1S(=O)(=O)Nc1scnc1C. The van der Waals surface area contributed by atoms with Gasteiger partial charge in [-0.3, -0.25) is 4.72 Å². The molecule has 0 unspecified atom stereocenters. The molecule has 1 aromatic heterocycles. The van der Waals surface area contributed by atoms with Crippen LogP contribution in [-0.4, -0.2) is 13.4 Å². The molecule has 0 amide bonds. The summed E-state index contributed by atoms with van der Waals surface area (Å²) in [7, 11) is -3.62. The zero-order valence-corrected chi connectivity index (χ0v) is 12.2. The van der Waals surface area contributed by atoms with Gasteiger partial charge < -0.3 is 0 Å². The van der Waals surface area contributed by atoms with E-state index in [-0.39, 0.29) is 4.90 Å². The largest absolute Gasteiger partial charge is 0.269 e. The highest BCUT2D eigenvalue weighted by Gasteiger charge is 2.19. The average molecular weight is 303 g/mol. The second-order valence-electron chi connectivity index (χ2n) is 3.78. The lowest BCUT2D eigenvalue weighted by Gasteiger charge is -2.09. The zero-order valence-electron chi connectivity index (χ0n) is 9.77. The van der Waals surface area contributed by atoms with Gasteiger partial charge in [-0.25, -0.2) is 13.4 Å². The van der Waals surface area contributed by atoms with Gasteiger partial charge in [0.25, 0.3) is 10.0 Å². The molecule has 0 bridgehead atoms. The number of sulfonamides is 1. The summed E-state index contributed by atoms with van der Waals surface area (Å²) in [5, 5.41) is 0.913. The molecule has 2 rings (SSSR count). The molecule has 0 saturated heterocycles. The minimum atomic E-state index is -3.62. The third-order valence-corrected chi connectivity index (χ3v) is 5.11. The van der Waals surface area contributed by atoms with E-state index in [1.165, 1.54) is 17.4 Å². The summed E-state index contributed by atoms with van der Waals surface area (Å²) in [6.45, 7) is 3.48. The predicted octanol–water partition coefficient (Wildman–Crippen LogP) is 3.21. The zero-order chi connectivity index (χ0) is 13.3. The van der Waals surface area contributed by atoms with E-state index >= 15 is 0 Å². The highest BCUT2D eigenvalue weighted by Crippen LogP contribution is 2.26. The maximum Gasteiger partial charge on any atom is 0.262 e. The van der Waals surface area contributed by atoms with Crippen LogP contribution in [0.3, 0.4) is 0 Å². The maximum absolute atomic E-state index is 12.2. The Bertz CT molecular complexity index is 680. The van der Waals surface area contributed by atoms with Crippen molar-refractivity contribution >= 4 is 38.0 Å². The van der Waals surface area contributed by atoms with E-state index in [1.54, 1.807) is 31.5 Å². The van der Waals surface area contributed by atoms with Gasteiger partial charge in [0, 0.05) is 5.02 Å². The molecule has 18 heavy (non-hydrogen) atoms. The van der Waals surface area contributed by atoms with E-state index in [1.807, 2.05) is 0 Å². The van der Waals surface area contributed by atoms with Gasteiger partial charge in [0.2, 0.25) is 0 Å². The molecule has 4 nitrogen and oxygen atoms in total. The molecule has 0 spiro atoms. The van der Waals surface area contributed by atoms with E-state index in [0.29, 0.717) is 21.3 Å².